The van der Waals surface area contributed by atoms with E-state index >= 15 is 0 Å². The zero-order chi connectivity index (χ0) is 59.9. The molecule has 0 radical (unpaired) electrons. The third-order valence-electron chi connectivity index (χ3n) is 15.9. The molecule has 83 heavy (non-hydrogen) atoms. The Labute approximate surface area is 515 Å². The fourth-order valence-electron chi connectivity index (χ4n) is 10.5. The first-order valence-corrected chi connectivity index (χ1v) is 36.1. The Hall–Kier alpha value is -3.41. The van der Waals surface area contributed by atoms with Gasteiger partial charge in [-0.2, -0.15) is 0 Å². The van der Waals surface area contributed by atoms with Crippen molar-refractivity contribution in [1.82, 2.24) is 0 Å². The van der Waals surface area contributed by atoms with Gasteiger partial charge in [-0.3, -0.25) is 14.4 Å². The van der Waals surface area contributed by atoms with Crippen molar-refractivity contribution in [3.8, 4) is 0 Å². The minimum atomic E-state index is -0.805. The van der Waals surface area contributed by atoms with E-state index in [1.165, 1.54) is 218 Å². The molecule has 6 nitrogen and oxygen atoms in total. The second kappa shape index (κ2) is 71.1. The topological polar surface area (TPSA) is 78.9 Å². The molecule has 0 aromatic carbocycles. The van der Waals surface area contributed by atoms with Crippen LogP contribution >= 0.6 is 0 Å². The van der Waals surface area contributed by atoms with Gasteiger partial charge in [-0.05, 0) is 116 Å². The molecule has 0 saturated heterocycles. The Kier molecular flexibility index (Phi) is 68.2. The van der Waals surface area contributed by atoms with Gasteiger partial charge in [0.25, 0.3) is 0 Å². The molecular weight excluding hydrogens is 1020 g/mol. The highest BCUT2D eigenvalue weighted by molar-refractivity contribution is 5.71. The largest absolute Gasteiger partial charge is 0.462 e. The second-order valence-electron chi connectivity index (χ2n) is 24.1. The minimum absolute atomic E-state index is 0.0952. The summed E-state index contributed by atoms with van der Waals surface area (Å²) in [6.07, 6.45) is 95.0. The maximum atomic E-state index is 12.9. The van der Waals surface area contributed by atoms with E-state index in [9.17, 15) is 14.4 Å². The number of hydrogen-bond acceptors (Lipinski definition) is 6. The predicted molar refractivity (Wildman–Crippen MR) is 362 cm³/mol. The molecule has 0 aliphatic heterocycles. The van der Waals surface area contributed by atoms with Gasteiger partial charge in [0.1, 0.15) is 13.2 Å². The molecule has 6 heteroatoms. The lowest BCUT2D eigenvalue weighted by molar-refractivity contribution is -0.167. The number of carbonyl (C=O) groups is 3. The van der Waals surface area contributed by atoms with Gasteiger partial charge >= 0.3 is 17.9 Å². The van der Waals surface area contributed by atoms with Crippen molar-refractivity contribution in [2.24, 2.45) is 0 Å². The SMILES string of the molecule is CC/C=C\C/C=C\C/C=C\C/C=C\CCCCC(=O)OC(COC(=O)CCCCCCC/C=C\C/C=C\CCCCC)COC(=O)CCCCCCCCCCCCCCCCCCCCCCCCC/C=C\CCCCCCCCCC. The number of rotatable bonds is 66. The molecule has 0 aromatic heterocycles. The van der Waals surface area contributed by atoms with Crippen LogP contribution in [0.25, 0.3) is 0 Å². The summed E-state index contributed by atoms with van der Waals surface area (Å²) in [6.45, 7) is 6.49. The molecule has 0 bridgehead atoms. The van der Waals surface area contributed by atoms with Crippen molar-refractivity contribution >= 4 is 17.9 Å². The lowest BCUT2D eigenvalue weighted by Gasteiger charge is -2.18. The van der Waals surface area contributed by atoms with Crippen LogP contribution in [0.4, 0.5) is 0 Å². The minimum Gasteiger partial charge on any atom is -0.462 e. The highest BCUT2D eigenvalue weighted by Crippen LogP contribution is 2.18. The lowest BCUT2D eigenvalue weighted by atomic mass is 10.0. The average molecular weight is 1160 g/mol. The first-order valence-electron chi connectivity index (χ1n) is 36.1. The Morgan fingerprint density at radius 2 is 0.470 bits per heavy atom. The van der Waals surface area contributed by atoms with Crippen molar-refractivity contribution in [2.45, 2.75) is 374 Å². The highest BCUT2D eigenvalue weighted by Gasteiger charge is 2.19. The van der Waals surface area contributed by atoms with Gasteiger partial charge in [0.05, 0.1) is 0 Å². The zero-order valence-corrected chi connectivity index (χ0v) is 55.2. The van der Waals surface area contributed by atoms with E-state index in [-0.39, 0.29) is 37.5 Å². The molecule has 0 aliphatic rings. The summed E-state index contributed by atoms with van der Waals surface area (Å²) in [5.41, 5.74) is 0. The van der Waals surface area contributed by atoms with Gasteiger partial charge in [0.15, 0.2) is 6.10 Å². The number of unbranched alkanes of at least 4 members (excludes halogenated alkanes) is 41. The van der Waals surface area contributed by atoms with Crippen LogP contribution in [0.1, 0.15) is 367 Å². The van der Waals surface area contributed by atoms with Crippen molar-refractivity contribution in [3.05, 3.63) is 85.1 Å². The van der Waals surface area contributed by atoms with Crippen molar-refractivity contribution in [2.75, 3.05) is 13.2 Å². The van der Waals surface area contributed by atoms with Crippen molar-refractivity contribution < 1.29 is 28.6 Å². The quantitative estimate of drug-likeness (QED) is 0.0261. The number of hydrogen-bond donors (Lipinski definition) is 0. The summed E-state index contributed by atoms with van der Waals surface area (Å²) in [7, 11) is 0. The molecule has 0 fully saturated rings. The molecule has 0 amide bonds. The molecule has 1 unspecified atom stereocenters. The normalized spacial score (nSPS) is 12.6. The Morgan fingerprint density at radius 1 is 0.253 bits per heavy atom. The summed E-state index contributed by atoms with van der Waals surface area (Å²) in [6, 6.07) is 0. The Bertz CT molecular complexity index is 1570. The van der Waals surface area contributed by atoms with Gasteiger partial charge in [0.2, 0.25) is 0 Å². The van der Waals surface area contributed by atoms with Crippen LogP contribution in [-0.4, -0.2) is 37.2 Å². The molecule has 0 heterocycles. The third-order valence-corrected chi connectivity index (χ3v) is 15.9. The fourth-order valence-corrected chi connectivity index (χ4v) is 10.5. The van der Waals surface area contributed by atoms with Crippen molar-refractivity contribution in [3.63, 3.8) is 0 Å². The maximum Gasteiger partial charge on any atom is 0.306 e. The van der Waals surface area contributed by atoms with E-state index < -0.39 is 6.10 Å². The van der Waals surface area contributed by atoms with E-state index in [1.807, 2.05) is 0 Å². The molecule has 0 N–H and O–H groups in total. The summed E-state index contributed by atoms with van der Waals surface area (Å²) >= 11 is 0. The Balaban J connectivity index is 4.13. The molecule has 0 aliphatic carbocycles. The van der Waals surface area contributed by atoms with Crippen LogP contribution in [0.2, 0.25) is 0 Å². The van der Waals surface area contributed by atoms with E-state index in [1.54, 1.807) is 0 Å². The molecule has 480 valence electrons. The summed E-state index contributed by atoms with van der Waals surface area (Å²) in [5, 5.41) is 0. The molecule has 0 saturated carbocycles. The van der Waals surface area contributed by atoms with Crippen molar-refractivity contribution in [1.29, 1.82) is 0 Å². The van der Waals surface area contributed by atoms with Crippen LogP contribution in [0, 0.1) is 0 Å². The smallest absolute Gasteiger partial charge is 0.306 e. The number of carbonyl (C=O) groups excluding carboxylic acids is 3. The van der Waals surface area contributed by atoms with E-state index in [0.29, 0.717) is 19.3 Å². The maximum absolute atomic E-state index is 12.9. The summed E-state index contributed by atoms with van der Waals surface area (Å²) in [4.78, 5) is 38.3. The lowest BCUT2D eigenvalue weighted by Crippen LogP contribution is -2.30. The van der Waals surface area contributed by atoms with Gasteiger partial charge in [0, 0.05) is 19.3 Å². The van der Waals surface area contributed by atoms with Gasteiger partial charge in [-0.15, -0.1) is 0 Å². The van der Waals surface area contributed by atoms with Crippen LogP contribution in [-0.2, 0) is 28.6 Å². The predicted octanol–water partition coefficient (Wildman–Crippen LogP) is 25.0. The van der Waals surface area contributed by atoms with Crippen LogP contribution in [0.5, 0.6) is 0 Å². The molecule has 0 spiro atoms. The third kappa shape index (κ3) is 69.3. The zero-order valence-electron chi connectivity index (χ0n) is 55.2. The number of allylic oxidation sites excluding steroid dienone is 14. The van der Waals surface area contributed by atoms with Gasteiger partial charge in [-0.1, -0.05) is 318 Å². The second-order valence-corrected chi connectivity index (χ2v) is 24.1. The standard InChI is InChI=1S/C77H136O6/c1-4-7-10-13-16-19-22-25-28-29-30-31-32-33-34-35-36-37-38-39-40-41-42-43-44-45-46-47-50-52-55-58-61-64-67-70-76(79)82-73-74(83-77(80)71-68-65-62-59-56-53-49-27-24-21-18-15-12-9-6-3)72-81-75(78)69-66-63-60-57-54-51-48-26-23-20-17-14-11-8-5-2/h9,12,17-18,20-21,26-27,29-30,48-49,56,59,74H,4-8,10-11,13-16,19,22-25,28,31-47,50-55,57-58,60-73H2,1-3H3/b12-9-,20-17-,21-18-,30-29-,48-26-,49-27-,59-56-. The van der Waals surface area contributed by atoms with E-state index in [0.717, 1.165) is 103 Å². The first kappa shape index (κ1) is 79.6. The number of ether oxygens (including phenoxy) is 3. The molecule has 1 atom stereocenters. The summed E-state index contributed by atoms with van der Waals surface area (Å²) in [5.74, 6) is -0.937. The average Bonchev–Trinajstić information content (AvgIpc) is 3.50. The molecule has 0 rings (SSSR count). The van der Waals surface area contributed by atoms with E-state index in [2.05, 4.69) is 106 Å². The van der Waals surface area contributed by atoms with E-state index in [4.69, 9.17) is 14.2 Å². The van der Waals surface area contributed by atoms with Gasteiger partial charge in [-0.25, -0.2) is 0 Å². The van der Waals surface area contributed by atoms with Crippen LogP contribution in [0.15, 0.2) is 85.1 Å². The first-order chi connectivity index (χ1) is 41.0. The summed E-state index contributed by atoms with van der Waals surface area (Å²) < 4.78 is 16.9. The number of esters is 3. The van der Waals surface area contributed by atoms with Crippen LogP contribution < -0.4 is 0 Å². The molecule has 0 aromatic rings. The highest BCUT2D eigenvalue weighted by atomic mass is 16.6. The van der Waals surface area contributed by atoms with Gasteiger partial charge < -0.3 is 14.2 Å². The van der Waals surface area contributed by atoms with Crippen LogP contribution in [0.3, 0.4) is 0 Å². The molecular formula is C77H136O6. The fraction of sp³-hybridized carbons (Fsp3) is 0.779. The monoisotopic (exact) mass is 1160 g/mol. The Morgan fingerprint density at radius 3 is 0.795 bits per heavy atom.